The molecule has 15 nitrogen and oxygen atoms in total. The summed E-state index contributed by atoms with van der Waals surface area (Å²) >= 11 is 0. The van der Waals surface area contributed by atoms with Gasteiger partial charge in [0, 0.05) is 26.3 Å². The molecule has 1 aliphatic carbocycles. The van der Waals surface area contributed by atoms with Gasteiger partial charge >= 0.3 is 6.03 Å². The molecule has 1 saturated heterocycles. The average Bonchev–Trinajstić information content (AvgIpc) is 3.87. The number of aryl methyl sites for hydroxylation is 1. The summed E-state index contributed by atoms with van der Waals surface area (Å²) in [5, 5.41) is 26.8. The number of sulfonamides is 1. The van der Waals surface area contributed by atoms with Crippen molar-refractivity contribution in [2.75, 3.05) is 19.6 Å². The number of imide groups is 1. The Morgan fingerprint density at radius 3 is 2.42 bits per heavy atom. The number of rotatable bonds is 16. The largest absolute Gasteiger partial charge is 0.411 e. The molecule has 0 spiro atoms. The minimum absolute atomic E-state index is 0.0213. The third-order valence-electron chi connectivity index (χ3n) is 10.5. The van der Waals surface area contributed by atoms with Crippen molar-refractivity contribution in [2.24, 2.45) is 24.0 Å². The van der Waals surface area contributed by atoms with E-state index in [1.165, 1.54) is 39.7 Å². The fourth-order valence-electron chi connectivity index (χ4n) is 7.54. The van der Waals surface area contributed by atoms with E-state index in [2.05, 4.69) is 20.4 Å². The molecule has 6 rings (SSSR count). The molecular weight excluding hydrogens is 725 g/mol. The van der Waals surface area contributed by atoms with Crippen LogP contribution in [0.1, 0.15) is 56.5 Å². The number of amides is 4. The number of oxime groups is 1. The van der Waals surface area contributed by atoms with Gasteiger partial charge in [0.15, 0.2) is 5.65 Å². The van der Waals surface area contributed by atoms with Crippen molar-refractivity contribution in [1.82, 2.24) is 34.0 Å². The van der Waals surface area contributed by atoms with E-state index < -0.39 is 52.0 Å². The number of hydrogen-bond acceptors (Lipinski definition) is 10. The number of carbonyl (C=O) groups is 3. The van der Waals surface area contributed by atoms with Crippen LogP contribution >= 0.6 is 0 Å². The predicted octanol–water partition coefficient (Wildman–Crippen LogP) is 3.53. The summed E-state index contributed by atoms with van der Waals surface area (Å²) in [7, 11) is -2.35. The summed E-state index contributed by atoms with van der Waals surface area (Å²) in [4.78, 5) is 52.7. The molecule has 2 aliphatic rings. The first kappa shape index (κ1) is 39.5. The molecule has 0 radical (unpaired) electrons. The number of carbonyl (C=O) groups excluding carboxylic acids is 3. The molecule has 16 heteroatoms. The Kier molecular flexibility index (Phi) is 12.3. The van der Waals surface area contributed by atoms with E-state index in [4.69, 9.17) is 5.21 Å². The van der Waals surface area contributed by atoms with Gasteiger partial charge in [-0.05, 0) is 66.5 Å². The zero-order valence-corrected chi connectivity index (χ0v) is 32.0. The van der Waals surface area contributed by atoms with Crippen LogP contribution in [-0.2, 0) is 39.6 Å². The van der Waals surface area contributed by atoms with Crippen LogP contribution in [0.15, 0.2) is 83.0 Å². The number of urea groups is 1. The summed E-state index contributed by atoms with van der Waals surface area (Å²) < 4.78 is 31.3. The second-order valence-corrected chi connectivity index (χ2v) is 16.6. The Hall–Kier alpha value is -5.19. The van der Waals surface area contributed by atoms with Gasteiger partial charge in [0.05, 0.1) is 29.8 Å². The van der Waals surface area contributed by atoms with Gasteiger partial charge in [-0.15, -0.1) is 0 Å². The average molecular weight is 773 g/mol. The van der Waals surface area contributed by atoms with Crippen molar-refractivity contribution >= 4 is 45.2 Å². The lowest BCUT2D eigenvalue weighted by Crippen LogP contribution is -2.57. The number of nitrogens with one attached hydrogen (secondary N) is 1. The molecule has 292 valence electrons. The van der Waals surface area contributed by atoms with Gasteiger partial charge in [-0.3, -0.25) is 14.5 Å². The minimum atomic E-state index is -4.10. The standard InChI is InChI=1S/C39H48N8O7S/c1-26(2)36(47-25-35(49)46(39(47)51)24-34-42-31-14-9-19-40-37(31)44(34)3)38(50)43-32(20-27-10-5-4-6-11-27)33(48)23-45(22-29-12-7-8-13-29)55(53,54)30-17-15-28(16-18-30)21-41-52/h4-6,9-11,14-19,21,26,29,32-33,36,48,52H,7-8,12-13,20,22-25H2,1-3H3,(H,43,50)/t32-,33+,36-/m0/s1. The monoisotopic (exact) mass is 772 g/mol. The van der Waals surface area contributed by atoms with Gasteiger partial charge < -0.3 is 25.1 Å². The van der Waals surface area contributed by atoms with E-state index >= 15 is 0 Å². The summed E-state index contributed by atoms with van der Waals surface area (Å²) in [6.07, 6.45) is 5.35. The van der Waals surface area contributed by atoms with Gasteiger partial charge in [0.25, 0.3) is 5.91 Å². The van der Waals surface area contributed by atoms with Gasteiger partial charge in [-0.1, -0.05) is 74.3 Å². The Morgan fingerprint density at radius 1 is 1.05 bits per heavy atom. The highest BCUT2D eigenvalue weighted by Gasteiger charge is 2.45. The summed E-state index contributed by atoms with van der Waals surface area (Å²) in [6, 6.07) is 16.0. The maximum absolute atomic E-state index is 14.3. The maximum atomic E-state index is 14.3. The van der Waals surface area contributed by atoms with E-state index in [1.54, 1.807) is 43.8 Å². The minimum Gasteiger partial charge on any atom is -0.411 e. The molecule has 1 aliphatic heterocycles. The number of pyridine rings is 1. The lowest BCUT2D eigenvalue weighted by Gasteiger charge is -2.34. The van der Waals surface area contributed by atoms with E-state index in [0.717, 1.165) is 36.1 Å². The fourth-order valence-corrected chi connectivity index (χ4v) is 9.07. The number of hydrogen-bond donors (Lipinski definition) is 3. The molecule has 2 fully saturated rings. The molecule has 0 bridgehead atoms. The quantitative estimate of drug-likeness (QED) is 0.0662. The Labute approximate surface area is 320 Å². The van der Waals surface area contributed by atoms with Gasteiger partial charge in [-0.2, -0.15) is 4.31 Å². The van der Waals surface area contributed by atoms with Crippen LogP contribution in [0.2, 0.25) is 0 Å². The first-order valence-electron chi connectivity index (χ1n) is 18.5. The van der Waals surface area contributed by atoms with Crippen molar-refractivity contribution < 1.29 is 33.1 Å². The fraction of sp³-hybridized carbons (Fsp3) is 0.436. The van der Waals surface area contributed by atoms with Crippen LogP contribution in [-0.4, -0.2) is 109 Å². The van der Waals surface area contributed by atoms with Crippen LogP contribution in [0.25, 0.3) is 11.2 Å². The third-order valence-corrected chi connectivity index (χ3v) is 12.3. The Balaban J connectivity index is 1.24. The first-order chi connectivity index (χ1) is 26.4. The molecule has 3 atom stereocenters. The summed E-state index contributed by atoms with van der Waals surface area (Å²) in [5.74, 6) is -0.910. The molecule has 2 aromatic heterocycles. The molecule has 4 amide bonds. The van der Waals surface area contributed by atoms with E-state index in [-0.39, 0.29) is 43.4 Å². The highest BCUT2D eigenvalue weighted by Crippen LogP contribution is 2.29. The van der Waals surface area contributed by atoms with Crippen LogP contribution in [0.5, 0.6) is 0 Å². The van der Waals surface area contributed by atoms with E-state index in [1.807, 2.05) is 30.3 Å². The van der Waals surface area contributed by atoms with Crippen molar-refractivity contribution in [3.63, 3.8) is 0 Å². The molecule has 0 unspecified atom stereocenters. The van der Waals surface area contributed by atoms with E-state index in [0.29, 0.717) is 22.6 Å². The van der Waals surface area contributed by atoms with Crippen LogP contribution < -0.4 is 5.32 Å². The lowest BCUT2D eigenvalue weighted by atomic mass is 9.97. The molecular formula is C39H48N8O7S. The number of aliphatic hydroxyl groups excluding tert-OH is 1. The van der Waals surface area contributed by atoms with Crippen molar-refractivity contribution in [3.05, 3.63) is 89.9 Å². The zero-order valence-electron chi connectivity index (χ0n) is 31.2. The molecule has 2 aromatic carbocycles. The van der Waals surface area contributed by atoms with Gasteiger partial charge in [0.1, 0.15) is 23.9 Å². The zero-order chi connectivity index (χ0) is 39.3. The Morgan fingerprint density at radius 2 is 1.76 bits per heavy atom. The second kappa shape index (κ2) is 17.1. The number of aliphatic hydroxyl groups is 1. The van der Waals surface area contributed by atoms with Crippen LogP contribution in [0, 0.1) is 11.8 Å². The van der Waals surface area contributed by atoms with Crippen molar-refractivity contribution in [3.8, 4) is 0 Å². The van der Waals surface area contributed by atoms with Crippen molar-refractivity contribution in [1.29, 1.82) is 0 Å². The van der Waals surface area contributed by atoms with Crippen molar-refractivity contribution in [2.45, 2.75) is 75.6 Å². The normalized spacial score (nSPS) is 17.3. The number of aromatic nitrogens is 3. The number of benzene rings is 2. The Bertz CT molecular complexity index is 2120. The molecule has 3 N–H and O–H groups in total. The second-order valence-electron chi connectivity index (χ2n) is 14.7. The molecule has 3 heterocycles. The number of imidazole rings is 1. The summed E-state index contributed by atoms with van der Waals surface area (Å²) in [5.41, 5.74) is 2.54. The van der Waals surface area contributed by atoms with E-state index in [9.17, 15) is 27.9 Å². The number of nitrogens with zero attached hydrogens (tertiary/aromatic N) is 7. The lowest BCUT2D eigenvalue weighted by molar-refractivity contribution is -0.129. The highest BCUT2D eigenvalue weighted by molar-refractivity contribution is 7.89. The van der Waals surface area contributed by atoms with Crippen LogP contribution in [0.3, 0.4) is 0 Å². The maximum Gasteiger partial charge on any atom is 0.328 e. The molecule has 55 heavy (non-hydrogen) atoms. The SMILES string of the molecule is CC(C)[C@@H](C(=O)N[C@@H](Cc1ccccc1)[C@H](O)CN(CC1CCCC1)S(=O)(=O)c1ccc(C=NO)cc1)N1CC(=O)N(Cc2nc3cccnc3n2C)C1=O. The van der Waals surface area contributed by atoms with Crippen LogP contribution in [0.4, 0.5) is 4.79 Å². The smallest absolute Gasteiger partial charge is 0.328 e. The topological polar surface area (TPSA) is 191 Å². The molecule has 1 saturated carbocycles. The third kappa shape index (κ3) is 8.87. The predicted molar refractivity (Wildman–Crippen MR) is 204 cm³/mol. The highest BCUT2D eigenvalue weighted by atomic mass is 32.2. The summed E-state index contributed by atoms with van der Waals surface area (Å²) in [6.45, 7) is 3.02. The van der Waals surface area contributed by atoms with Gasteiger partial charge in [0.2, 0.25) is 15.9 Å². The number of fused-ring (bicyclic) bond motifs is 1. The first-order valence-corrected chi connectivity index (χ1v) is 20.0. The van der Waals surface area contributed by atoms with Gasteiger partial charge in [-0.25, -0.2) is 23.2 Å². The molecule has 4 aromatic rings.